The number of nitrogens with zero attached hydrogens (tertiary/aromatic N) is 3. The first-order chi connectivity index (χ1) is 8.04. The number of amides is 1. The molecule has 0 aromatic carbocycles. The molecule has 0 aliphatic rings. The van der Waals surface area contributed by atoms with Crippen LogP contribution < -0.4 is 16.2 Å². The van der Waals surface area contributed by atoms with Crippen LogP contribution in [0.2, 0.25) is 0 Å². The second-order valence-corrected chi connectivity index (χ2v) is 3.59. The van der Waals surface area contributed by atoms with Crippen molar-refractivity contribution >= 4 is 11.6 Å². The molecule has 1 amide bonds. The van der Waals surface area contributed by atoms with Crippen LogP contribution in [0.15, 0.2) is 17.1 Å². The van der Waals surface area contributed by atoms with E-state index in [0.29, 0.717) is 18.8 Å². The Kier molecular flexibility index (Phi) is 4.65. The summed E-state index contributed by atoms with van der Waals surface area (Å²) < 4.78 is 5.96. The van der Waals surface area contributed by atoms with E-state index in [-0.39, 0.29) is 12.1 Å². The summed E-state index contributed by atoms with van der Waals surface area (Å²) in [6.07, 6.45) is 1.51. The fraction of sp³-hybridized carbons (Fsp3) is 0.500. The van der Waals surface area contributed by atoms with E-state index in [4.69, 9.17) is 10.5 Å². The molecule has 94 valence electrons. The Bertz CT molecular complexity index is 443. The van der Waals surface area contributed by atoms with Crippen LogP contribution in [0.4, 0.5) is 5.69 Å². The van der Waals surface area contributed by atoms with Gasteiger partial charge in [-0.2, -0.15) is 5.10 Å². The van der Waals surface area contributed by atoms with Gasteiger partial charge in [0.2, 0.25) is 5.91 Å². The molecule has 0 unspecified atom stereocenters. The molecule has 7 heteroatoms. The number of methoxy groups -OCH3 is 1. The van der Waals surface area contributed by atoms with Gasteiger partial charge in [-0.25, -0.2) is 4.68 Å². The largest absolute Gasteiger partial charge is 0.383 e. The summed E-state index contributed by atoms with van der Waals surface area (Å²) >= 11 is 0. The Labute approximate surface area is 98.8 Å². The first-order valence-corrected chi connectivity index (χ1v) is 5.10. The molecule has 0 fully saturated rings. The number of nitrogens with two attached hydrogens (primary N) is 1. The third-order valence-electron chi connectivity index (χ3n) is 2.23. The molecule has 1 aromatic rings. The van der Waals surface area contributed by atoms with Crippen LogP contribution in [0.1, 0.15) is 0 Å². The number of aromatic nitrogens is 2. The summed E-state index contributed by atoms with van der Waals surface area (Å²) in [5.41, 5.74) is 5.31. The molecule has 7 nitrogen and oxygen atoms in total. The van der Waals surface area contributed by atoms with Crippen molar-refractivity contribution in [2.24, 2.45) is 5.73 Å². The van der Waals surface area contributed by atoms with Gasteiger partial charge in [0.15, 0.2) is 0 Å². The van der Waals surface area contributed by atoms with Crippen molar-refractivity contribution in [1.82, 2.24) is 9.78 Å². The summed E-state index contributed by atoms with van der Waals surface area (Å²) in [5, 5.41) is 3.87. The SMILES string of the molecule is COCCN(C)c1cnn(CC(N)=O)c(=O)c1. The number of hydrogen-bond acceptors (Lipinski definition) is 5. The van der Waals surface area contributed by atoms with Crippen LogP contribution in [0.3, 0.4) is 0 Å². The van der Waals surface area contributed by atoms with E-state index in [1.807, 2.05) is 11.9 Å². The van der Waals surface area contributed by atoms with Gasteiger partial charge in [-0.1, -0.05) is 0 Å². The summed E-state index contributed by atoms with van der Waals surface area (Å²) in [5.74, 6) is -0.597. The predicted molar refractivity (Wildman–Crippen MR) is 62.8 cm³/mol. The van der Waals surface area contributed by atoms with Crippen LogP contribution in [0, 0.1) is 0 Å². The van der Waals surface area contributed by atoms with E-state index in [0.717, 1.165) is 4.68 Å². The van der Waals surface area contributed by atoms with Crippen molar-refractivity contribution in [3.05, 3.63) is 22.6 Å². The van der Waals surface area contributed by atoms with Crippen LogP contribution >= 0.6 is 0 Å². The second-order valence-electron chi connectivity index (χ2n) is 3.59. The lowest BCUT2D eigenvalue weighted by molar-refractivity contribution is -0.118. The predicted octanol–water partition coefficient (Wildman–Crippen LogP) is -1.19. The number of ether oxygens (including phenoxy) is 1. The normalized spacial score (nSPS) is 10.2. The molecule has 0 atom stereocenters. The maximum atomic E-state index is 11.6. The summed E-state index contributed by atoms with van der Waals surface area (Å²) in [4.78, 5) is 24.1. The van der Waals surface area contributed by atoms with E-state index in [1.54, 1.807) is 7.11 Å². The van der Waals surface area contributed by atoms with Crippen LogP contribution in [0.5, 0.6) is 0 Å². The zero-order chi connectivity index (χ0) is 12.8. The quantitative estimate of drug-likeness (QED) is 0.675. The van der Waals surface area contributed by atoms with Gasteiger partial charge in [0, 0.05) is 26.8 Å². The highest BCUT2D eigenvalue weighted by Gasteiger charge is 2.06. The molecule has 0 bridgehead atoms. The zero-order valence-electron chi connectivity index (χ0n) is 9.92. The van der Waals surface area contributed by atoms with Crippen molar-refractivity contribution in [2.45, 2.75) is 6.54 Å². The van der Waals surface area contributed by atoms with E-state index in [9.17, 15) is 9.59 Å². The Morgan fingerprint density at radius 2 is 2.35 bits per heavy atom. The molecule has 0 aliphatic carbocycles. The maximum Gasteiger partial charge on any atom is 0.269 e. The lowest BCUT2D eigenvalue weighted by Crippen LogP contribution is -2.31. The average molecular weight is 240 g/mol. The minimum atomic E-state index is -0.597. The highest BCUT2D eigenvalue weighted by atomic mass is 16.5. The summed E-state index contributed by atoms with van der Waals surface area (Å²) in [6, 6.07) is 1.41. The standard InChI is InChI=1S/C10H16N4O3/c1-13(3-4-17-2)8-5-10(16)14(12-6-8)7-9(11)15/h5-6H,3-4,7H2,1-2H3,(H2,11,15). The third kappa shape index (κ3) is 3.87. The van der Waals surface area contributed by atoms with Crippen LogP contribution in [-0.2, 0) is 16.1 Å². The van der Waals surface area contributed by atoms with Gasteiger partial charge < -0.3 is 15.4 Å². The molecule has 2 N–H and O–H groups in total. The number of carbonyl (C=O) groups is 1. The molecule has 0 saturated carbocycles. The number of rotatable bonds is 6. The van der Waals surface area contributed by atoms with Gasteiger partial charge in [0.05, 0.1) is 18.5 Å². The van der Waals surface area contributed by atoms with Crippen LogP contribution in [-0.4, -0.2) is 43.0 Å². The van der Waals surface area contributed by atoms with Gasteiger partial charge >= 0.3 is 0 Å². The second kappa shape index (κ2) is 6.00. The van der Waals surface area contributed by atoms with Crippen LogP contribution in [0.25, 0.3) is 0 Å². The Hall–Kier alpha value is -1.89. The fourth-order valence-electron chi connectivity index (χ4n) is 1.26. The van der Waals surface area contributed by atoms with Gasteiger partial charge in [-0.15, -0.1) is 0 Å². The number of anilines is 1. The minimum absolute atomic E-state index is 0.207. The number of primary amides is 1. The van der Waals surface area contributed by atoms with Crippen molar-refractivity contribution in [1.29, 1.82) is 0 Å². The smallest absolute Gasteiger partial charge is 0.269 e. The first-order valence-electron chi connectivity index (χ1n) is 5.10. The highest BCUT2D eigenvalue weighted by Crippen LogP contribution is 2.05. The molecule has 0 saturated heterocycles. The topological polar surface area (TPSA) is 90.4 Å². The monoisotopic (exact) mass is 240 g/mol. The number of carbonyl (C=O) groups excluding carboxylic acids is 1. The van der Waals surface area contributed by atoms with E-state index in [1.165, 1.54) is 12.3 Å². The molecule has 17 heavy (non-hydrogen) atoms. The average Bonchev–Trinajstić information content (AvgIpc) is 2.28. The lowest BCUT2D eigenvalue weighted by Gasteiger charge is -2.18. The van der Waals surface area contributed by atoms with Crippen molar-refractivity contribution in [3.63, 3.8) is 0 Å². The highest BCUT2D eigenvalue weighted by molar-refractivity contribution is 5.73. The van der Waals surface area contributed by atoms with Crippen molar-refractivity contribution in [3.8, 4) is 0 Å². The van der Waals surface area contributed by atoms with Gasteiger partial charge in [0.25, 0.3) is 5.56 Å². The number of hydrogen-bond donors (Lipinski definition) is 1. The maximum absolute atomic E-state index is 11.6. The number of likely N-dealkylation sites (N-methyl/N-ethyl adjacent to an activating group) is 1. The molecular formula is C10H16N4O3. The van der Waals surface area contributed by atoms with Crippen molar-refractivity contribution in [2.75, 3.05) is 32.2 Å². The van der Waals surface area contributed by atoms with E-state index >= 15 is 0 Å². The molecule has 1 rings (SSSR count). The van der Waals surface area contributed by atoms with Gasteiger partial charge in [-0.05, 0) is 0 Å². The molecule has 0 spiro atoms. The minimum Gasteiger partial charge on any atom is -0.383 e. The molecule has 1 heterocycles. The zero-order valence-corrected chi connectivity index (χ0v) is 9.92. The van der Waals surface area contributed by atoms with E-state index < -0.39 is 5.91 Å². The van der Waals surface area contributed by atoms with E-state index in [2.05, 4.69) is 5.10 Å². The Balaban J connectivity index is 2.81. The third-order valence-corrected chi connectivity index (χ3v) is 2.23. The summed E-state index contributed by atoms with van der Waals surface area (Å²) in [6.45, 7) is 0.999. The molecule has 0 aliphatic heterocycles. The van der Waals surface area contributed by atoms with Crippen molar-refractivity contribution < 1.29 is 9.53 Å². The first kappa shape index (κ1) is 13.2. The Morgan fingerprint density at radius 1 is 1.65 bits per heavy atom. The summed E-state index contributed by atoms with van der Waals surface area (Å²) in [7, 11) is 3.44. The fourth-order valence-corrected chi connectivity index (χ4v) is 1.26. The van der Waals surface area contributed by atoms with Gasteiger partial charge in [0.1, 0.15) is 6.54 Å². The van der Waals surface area contributed by atoms with Gasteiger partial charge in [-0.3, -0.25) is 9.59 Å². The molecule has 0 radical (unpaired) electrons. The lowest BCUT2D eigenvalue weighted by atomic mass is 10.4. The molecule has 1 aromatic heterocycles. The Morgan fingerprint density at radius 3 is 2.88 bits per heavy atom. The molecular weight excluding hydrogens is 224 g/mol.